The number of piperidine rings is 1. The van der Waals surface area contributed by atoms with Crippen LogP contribution in [0, 0.1) is 5.92 Å². The van der Waals surface area contributed by atoms with E-state index in [2.05, 4.69) is 32.3 Å². The molecule has 0 bridgehead atoms. The highest BCUT2D eigenvalue weighted by molar-refractivity contribution is 14.0. The van der Waals surface area contributed by atoms with Gasteiger partial charge in [0.05, 0.1) is 6.54 Å². The molecule has 0 radical (unpaired) electrons. The van der Waals surface area contributed by atoms with Gasteiger partial charge in [0.15, 0.2) is 11.8 Å². The number of likely N-dealkylation sites (tertiary alicyclic amines) is 1. The van der Waals surface area contributed by atoms with Crippen LogP contribution in [0.3, 0.4) is 0 Å². The molecule has 1 aromatic heterocycles. The lowest BCUT2D eigenvalue weighted by Crippen LogP contribution is -2.46. The topological polar surface area (TPSA) is 58.3 Å². The Morgan fingerprint density at radius 3 is 2.95 bits per heavy atom. The molecule has 0 amide bonds. The molecular weight excluding hydrogens is 355 g/mol. The second-order valence-electron chi connectivity index (χ2n) is 4.95. The minimum Gasteiger partial charge on any atom is -0.349 e. The maximum Gasteiger partial charge on any atom is 0.194 e. The van der Waals surface area contributed by atoms with Crippen molar-refractivity contribution in [2.75, 3.05) is 20.1 Å². The van der Waals surface area contributed by atoms with Gasteiger partial charge < -0.3 is 14.8 Å². The molecule has 7 heteroatoms. The lowest BCUT2D eigenvalue weighted by Gasteiger charge is -2.33. The van der Waals surface area contributed by atoms with Crippen LogP contribution in [0.15, 0.2) is 11.3 Å². The maximum absolute atomic E-state index is 4.35. The summed E-state index contributed by atoms with van der Waals surface area (Å²) in [6.45, 7) is 5.12. The molecule has 1 aliphatic rings. The number of aliphatic imine (C=N–C) groups is 1. The van der Waals surface area contributed by atoms with Crippen LogP contribution in [-0.2, 0) is 13.6 Å². The standard InChI is InChI=1S/C12H22N6.HI/c1-10-5-4-6-18(8-10)12(13-2)14-7-11-16-15-9-17(11)3;/h9-10H,4-8H2,1-3H3,(H,13,14);1H. The Morgan fingerprint density at radius 1 is 1.58 bits per heavy atom. The van der Waals surface area contributed by atoms with Crippen LogP contribution < -0.4 is 5.32 Å². The molecule has 1 unspecified atom stereocenters. The highest BCUT2D eigenvalue weighted by Gasteiger charge is 2.19. The minimum atomic E-state index is 0. The molecule has 0 aliphatic carbocycles. The fourth-order valence-corrected chi connectivity index (χ4v) is 2.34. The van der Waals surface area contributed by atoms with E-state index in [-0.39, 0.29) is 24.0 Å². The average molecular weight is 378 g/mol. The van der Waals surface area contributed by atoms with Gasteiger partial charge in [-0.25, -0.2) is 0 Å². The zero-order valence-corrected chi connectivity index (χ0v) is 14.2. The number of hydrogen-bond donors (Lipinski definition) is 1. The molecule has 1 saturated heterocycles. The van der Waals surface area contributed by atoms with E-state index in [4.69, 9.17) is 0 Å². The Hall–Kier alpha value is -0.860. The second kappa shape index (κ2) is 7.66. The lowest BCUT2D eigenvalue weighted by molar-refractivity contribution is 0.265. The molecule has 0 saturated carbocycles. The fraction of sp³-hybridized carbons (Fsp3) is 0.750. The van der Waals surface area contributed by atoms with E-state index in [1.54, 1.807) is 6.33 Å². The van der Waals surface area contributed by atoms with Crippen molar-refractivity contribution in [3.8, 4) is 0 Å². The number of nitrogens with zero attached hydrogens (tertiary/aromatic N) is 5. The zero-order valence-electron chi connectivity index (χ0n) is 11.8. The molecule has 2 rings (SSSR count). The van der Waals surface area contributed by atoms with Gasteiger partial charge in [-0.1, -0.05) is 6.92 Å². The van der Waals surface area contributed by atoms with Crippen molar-refractivity contribution in [3.05, 3.63) is 12.2 Å². The molecule has 1 aromatic rings. The summed E-state index contributed by atoms with van der Waals surface area (Å²) in [5.74, 6) is 2.62. The van der Waals surface area contributed by atoms with Crippen molar-refractivity contribution in [1.82, 2.24) is 25.0 Å². The largest absolute Gasteiger partial charge is 0.349 e. The van der Waals surface area contributed by atoms with E-state index in [9.17, 15) is 0 Å². The van der Waals surface area contributed by atoms with Gasteiger partial charge in [0, 0.05) is 27.2 Å². The molecule has 1 atom stereocenters. The van der Waals surface area contributed by atoms with Crippen LogP contribution >= 0.6 is 24.0 Å². The molecule has 0 spiro atoms. The SMILES string of the molecule is CN=C(NCc1nncn1C)N1CCCC(C)C1.I. The zero-order chi connectivity index (χ0) is 13.0. The number of nitrogens with one attached hydrogen (secondary N) is 1. The maximum atomic E-state index is 4.35. The summed E-state index contributed by atoms with van der Waals surface area (Å²) in [7, 11) is 3.78. The second-order valence-corrected chi connectivity index (χ2v) is 4.95. The van der Waals surface area contributed by atoms with Crippen LogP contribution in [0.5, 0.6) is 0 Å². The van der Waals surface area contributed by atoms with Crippen molar-refractivity contribution in [3.63, 3.8) is 0 Å². The first kappa shape index (κ1) is 16.2. The highest BCUT2D eigenvalue weighted by atomic mass is 127. The Bertz CT molecular complexity index is 416. The summed E-state index contributed by atoms with van der Waals surface area (Å²) in [6.07, 6.45) is 4.27. The summed E-state index contributed by atoms with van der Waals surface area (Å²) in [5.41, 5.74) is 0. The molecule has 0 aromatic carbocycles. The van der Waals surface area contributed by atoms with Crippen molar-refractivity contribution in [2.45, 2.75) is 26.3 Å². The Labute approximate surface area is 131 Å². The molecule has 1 fully saturated rings. The van der Waals surface area contributed by atoms with Crippen LogP contribution in [0.2, 0.25) is 0 Å². The number of guanidine groups is 1. The van der Waals surface area contributed by atoms with Gasteiger partial charge >= 0.3 is 0 Å². The monoisotopic (exact) mass is 378 g/mol. The van der Waals surface area contributed by atoms with Crippen LogP contribution in [0.1, 0.15) is 25.6 Å². The van der Waals surface area contributed by atoms with Gasteiger partial charge in [-0.05, 0) is 18.8 Å². The third-order valence-electron chi connectivity index (χ3n) is 3.38. The molecular formula is C12H23IN6. The minimum absolute atomic E-state index is 0. The van der Waals surface area contributed by atoms with Gasteiger partial charge in [0.25, 0.3) is 0 Å². The average Bonchev–Trinajstić information content (AvgIpc) is 2.76. The number of hydrogen-bond acceptors (Lipinski definition) is 3. The van der Waals surface area contributed by atoms with Gasteiger partial charge in [0.1, 0.15) is 6.33 Å². The van der Waals surface area contributed by atoms with Gasteiger partial charge in [0.2, 0.25) is 0 Å². The highest BCUT2D eigenvalue weighted by Crippen LogP contribution is 2.15. The van der Waals surface area contributed by atoms with E-state index in [0.717, 1.165) is 30.8 Å². The smallest absolute Gasteiger partial charge is 0.194 e. The van der Waals surface area contributed by atoms with Crippen molar-refractivity contribution >= 4 is 29.9 Å². The Kier molecular flexibility index (Phi) is 6.53. The predicted octanol–water partition coefficient (Wildman–Crippen LogP) is 1.24. The summed E-state index contributed by atoms with van der Waals surface area (Å²) in [5, 5.41) is 11.3. The van der Waals surface area contributed by atoms with Gasteiger partial charge in [-0.15, -0.1) is 34.2 Å². The number of aryl methyl sites for hydroxylation is 1. The van der Waals surface area contributed by atoms with Gasteiger partial charge in [-0.2, -0.15) is 0 Å². The van der Waals surface area contributed by atoms with Crippen molar-refractivity contribution in [2.24, 2.45) is 18.0 Å². The summed E-state index contributed by atoms with van der Waals surface area (Å²) >= 11 is 0. The third-order valence-corrected chi connectivity index (χ3v) is 3.38. The van der Waals surface area contributed by atoms with Crippen LogP contribution in [0.4, 0.5) is 0 Å². The van der Waals surface area contributed by atoms with E-state index in [0.29, 0.717) is 6.54 Å². The van der Waals surface area contributed by atoms with E-state index in [1.807, 2.05) is 18.7 Å². The van der Waals surface area contributed by atoms with Crippen LogP contribution in [0.25, 0.3) is 0 Å². The molecule has 108 valence electrons. The lowest BCUT2D eigenvalue weighted by atomic mass is 10.0. The summed E-state index contributed by atoms with van der Waals surface area (Å²) in [6, 6.07) is 0. The Balaban J connectivity index is 0.00000180. The first-order chi connectivity index (χ1) is 8.70. The molecule has 2 heterocycles. The normalized spacial score (nSPS) is 20.1. The molecule has 19 heavy (non-hydrogen) atoms. The first-order valence-corrected chi connectivity index (χ1v) is 6.49. The van der Waals surface area contributed by atoms with Crippen molar-refractivity contribution in [1.29, 1.82) is 0 Å². The predicted molar refractivity (Wildman–Crippen MR) is 86.6 cm³/mol. The van der Waals surface area contributed by atoms with E-state index in [1.165, 1.54) is 12.8 Å². The van der Waals surface area contributed by atoms with E-state index < -0.39 is 0 Å². The first-order valence-electron chi connectivity index (χ1n) is 6.49. The summed E-state index contributed by atoms with van der Waals surface area (Å²) < 4.78 is 1.92. The number of aromatic nitrogens is 3. The van der Waals surface area contributed by atoms with Crippen molar-refractivity contribution < 1.29 is 0 Å². The summed E-state index contributed by atoms with van der Waals surface area (Å²) in [4.78, 5) is 6.67. The van der Waals surface area contributed by atoms with Crippen LogP contribution in [-0.4, -0.2) is 45.8 Å². The number of rotatable bonds is 2. The molecule has 6 nitrogen and oxygen atoms in total. The molecule has 1 N–H and O–H groups in total. The fourth-order valence-electron chi connectivity index (χ4n) is 2.34. The quantitative estimate of drug-likeness (QED) is 0.478. The third kappa shape index (κ3) is 4.32. The number of halogens is 1. The molecule has 1 aliphatic heterocycles. The van der Waals surface area contributed by atoms with Gasteiger partial charge in [-0.3, -0.25) is 4.99 Å². The Morgan fingerprint density at radius 2 is 2.37 bits per heavy atom. The van der Waals surface area contributed by atoms with E-state index >= 15 is 0 Å².